The molecule has 0 spiro atoms. The fourth-order valence-corrected chi connectivity index (χ4v) is 2.48. The molecule has 2 N–H and O–H groups in total. The van der Waals surface area contributed by atoms with Crippen LogP contribution in [0.15, 0.2) is 48.5 Å². The Morgan fingerprint density at radius 3 is 2.62 bits per heavy atom. The van der Waals surface area contributed by atoms with E-state index < -0.39 is 6.04 Å². The van der Waals surface area contributed by atoms with Crippen LogP contribution in [0.2, 0.25) is 0 Å². The Hall–Kier alpha value is -2.84. The molecule has 124 valence electrons. The molecule has 2 rings (SSSR count). The Labute approximate surface area is 142 Å². The first kappa shape index (κ1) is 17.5. The Balaban J connectivity index is 2.01. The molecule has 0 aliphatic carbocycles. The summed E-state index contributed by atoms with van der Waals surface area (Å²) < 4.78 is 5.36. The molecule has 0 aromatic heterocycles. The second-order valence-corrected chi connectivity index (χ2v) is 5.53. The van der Waals surface area contributed by atoms with Gasteiger partial charge in [-0.25, -0.2) is 0 Å². The molecule has 2 aromatic carbocycles. The van der Waals surface area contributed by atoms with Crippen molar-refractivity contribution in [3.8, 4) is 11.8 Å². The number of para-hydroxylation sites is 1. The van der Waals surface area contributed by atoms with Crippen molar-refractivity contribution in [2.45, 2.75) is 25.9 Å². The molecule has 0 heterocycles. The smallest absolute Gasteiger partial charge is 0.241 e. The summed E-state index contributed by atoms with van der Waals surface area (Å²) in [5.41, 5.74) is 2.11. The lowest BCUT2D eigenvalue weighted by atomic mass is 10.1. The summed E-state index contributed by atoms with van der Waals surface area (Å²) in [6, 6.07) is 16.2. The molecule has 1 amide bonds. The number of carbonyl (C=O) groups excluding carboxylic acids is 1. The van der Waals surface area contributed by atoms with Crippen LogP contribution in [0.5, 0.6) is 5.75 Å². The number of hydrogen-bond acceptors (Lipinski definition) is 4. The van der Waals surface area contributed by atoms with Crippen molar-refractivity contribution >= 4 is 11.6 Å². The van der Waals surface area contributed by atoms with Crippen molar-refractivity contribution in [2.75, 3.05) is 12.4 Å². The van der Waals surface area contributed by atoms with Crippen LogP contribution in [0.3, 0.4) is 0 Å². The number of benzene rings is 2. The van der Waals surface area contributed by atoms with Gasteiger partial charge in [0, 0.05) is 17.3 Å². The van der Waals surface area contributed by atoms with Crippen LogP contribution < -0.4 is 15.4 Å². The molecule has 0 bridgehead atoms. The van der Waals surface area contributed by atoms with Gasteiger partial charge in [-0.15, -0.1) is 0 Å². The molecule has 24 heavy (non-hydrogen) atoms. The van der Waals surface area contributed by atoms with E-state index in [2.05, 4.69) is 16.7 Å². The minimum absolute atomic E-state index is 0.0488. The molecule has 0 aliphatic rings. The average Bonchev–Trinajstić information content (AvgIpc) is 2.61. The molecule has 5 heteroatoms. The number of carbonyl (C=O) groups is 1. The Kier molecular flexibility index (Phi) is 5.94. The highest BCUT2D eigenvalue weighted by Crippen LogP contribution is 2.24. The highest BCUT2D eigenvalue weighted by atomic mass is 16.5. The number of amides is 1. The lowest BCUT2D eigenvalue weighted by Gasteiger charge is -2.21. The van der Waals surface area contributed by atoms with Gasteiger partial charge >= 0.3 is 0 Å². The average molecular weight is 323 g/mol. The summed E-state index contributed by atoms with van der Waals surface area (Å²) in [6.07, 6.45) is 0. The van der Waals surface area contributed by atoms with Crippen LogP contribution >= 0.6 is 0 Å². The van der Waals surface area contributed by atoms with Crippen molar-refractivity contribution in [1.82, 2.24) is 5.32 Å². The van der Waals surface area contributed by atoms with Gasteiger partial charge in [0.25, 0.3) is 0 Å². The van der Waals surface area contributed by atoms with Crippen molar-refractivity contribution < 1.29 is 9.53 Å². The zero-order chi connectivity index (χ0) is 17.5. The summed E-state index contributed by atoms with van der Waals surface area (Å²) in [6.45, 7) is 3.79. The van der Waals surface area contributed by atoms with Crippen LogP contribution in [-0.2, 0) is 4.79 Å². The largest absolute Gasteiger partial charge is 0.496 e. The molecule has 0 unspecified atom stereocenters. The predicted molar refractivity (Wildman–Crippen MR) is 93.8 cm³/mol. The van der Waals surface area contributed by atoms with Gasteiger partial charge in [0.15, 0.2) is 0 Å². The second-order valence-electron chi connectivity index (χ2n) is 5.53. The zero-order valence-electron chi connectivity index (χ0n) is 14.0. The van der Waals surface area contributed by atoms with Gasteiger partial charge in [0.05, 0.1) is 24.8 Å². The van der Waals surface area contributed by atoms with Crippen molar-refractivity contribution in [3.63, 3.8) is 0 Å². The fourth-order valence-electron chi connectivity index (χ4n) is 2.48. The third-order valence-corrected chi connectivity index (χ3v) is 3.76. The van der Waals surface area contributed by atoms with Gasteiger partial charge in [-0.1, -0.05) is 24.3 Å². The van der Waals surface area contributed by atoms with Crippen molar-refractivity contribution in [1.29, 1.82) is 5.26 Å². The number of rotatable bonds is 6. The van der Waals surface area contributed by atoms with Gasteiger partial charge in [-0.2, -0.15) is 5.26 Å². The zero-order valence-corrected chi connectivity index (χ0v) is 14.0. The van der Waals surface area contributed by atoms with E-state index in [1.54, 1.807) is 38.3 Å². The lowest BCUT2D eigenvalue weighted by molar-refractivity contribution is -0.117. The first-order chi connectivity index (χ1) is 11.5. The van der Waals surface area contributed by atoms with Gasteiger partial charge in [-0.3, -0.25) is 10.1 Å². The molecule has 0 saturated heterocycles. The standard InChI is InChI=1S/C19H21N3O2/c1-13(17-9-4-5-10-18(17)24-3)21-14(2)19(23)22-16-8-6-7-15(11-16)12-20/h4-11,13-14,21H,1-3H3,(H,22,23)/t13-,14+/m0/s1. The molecule has 2 atom stereocenters. The molecular formula is C19H21N3O2. The minimum atomic E-state index is -0.407. The van der Waals surface area contributed by atoms with Crippen molar-refractivity contribution in [2.24, 2.45) is 0 Å². The normalized spacial score (nSPS) is 12.8. The van der Waals surface area contributed by atoms with Gasteiger partial charge < -0.3 is 10.1 Å². The first-order valence-corrected chi connectivity index (χ1v) is 7.75. The summed E-state index contributed by atoms with van der Waals surface area (Å²) in [4.78, 5) is 12.3. The number of nitriles is 1. The van der Waals surface area contributed by atoms with Crippen LogP contribution in [0.1, 0.15) is 31.0 Å². The van der Waals surface area contributed by atoms with E-state index in [1.165, 1.54) is 0 Å². The quantitative estimate of drug-likeness (QED) is 0.856. The van der Waals surface area contributed by atoms with Crippen molar-refractivity contribution in [3.05, 3.63) is 59.7 Å². The first-order valence-electron chi connectivity index (χ1n) is 7.75. The number of nitrogens with one attached hydrogen (secondary N) is 2. The molecular weight excluding hydrogens is 302 g/mol. The molecule has 0 aliphatic heterocycles. The van der Waals surface area contributed by atoms with E-state index >= 15 is 0 Å². The number of methoxy groups -OCH3 is 1. The van der Waals surface area contributed by atoms with Crippen LogP contribution in [0, 0.1) is 11.3 Å². The van der Waals surface area contributed by atoms with Gasteiger partial charge in [-0.05, 0) is 38.1 Å². The maximum atomic E-state index is 12.3. The third kappa shape index (κ3) is 4.34. The van der Waals surface area contributed by atoms with E-state index in [1.807, 2.05) is 31.2 Å². The van der Waals surface area contributed by atoms with E-state index in [4.69, 9.17) is 10.00 Å². The second kappa shape index (κ2) is 8.14. The van der Waals surface area contributed by atoms with E-state index in [-0.39, 0.29) is 11.9 Å². The maximum Gasteiger partial charge on any atom is 0.241 e. The fraction of sp³-hybridized carbons (Fsp3) is 0.263. The molecule has 2 aromatic rings. The summed E-state index contributed by atoms with van der Waals surface area (Å²) >= 11 is 0. The van der Waals surface area contributed by atoms with Crippen LogP contribution in [-0.4, -0.2) is 19.1 Å². The number of nitrogens with zero attached hydrogens (tertiary/aromatic N) is 1. The van der Waals surface area contributed by atoms with Crippen LogP contribution in [0.4, 0.5) is 5.69 Å². The van der Waals surface area contributed by atoms with Crippen LogP contribution in [0.25, 0.3) is 0 Å². The highest BCUT2D eigenvalue weighted by molar-refractivity contribution is 5.94. The van der Waals surface area contributed by atoms with E-state index in [0.29, 0.717) is 11.3 Å². The van der Waals surface area contributed by atoms with Gasteiger partial charge in [0.2, 0.25) is 5.91 Å². The number of ether oxygens (including phenoxy) is 1. The highest BCUT2D eigenvalue weighted by Gasteiger charge is 2.18. The number of hydrogen-bond donors (Lipinski definition) is 2. The Morgan fingerprint density at radius 2 is 1.92 bits per heavy atom. The topological polar surface area (TPSA) is 74.2 Å². The Bertz CT molecular complexity index is 752. The van der Waals surface area contributed by atoms with E-state index in [0.717, 1.165) is 11.3 Å². The van der Waals surface area contributed by atoms with E-state index in [9.17, 15) is 4.79 Å². The molecule has 5 nitrogen and oxygen atoms in total. The summed E-state index contributed by atoms with van der Waals surface area (Å²) in [5, 5.41) is 15.0. The monoisotopic (exact) mass is 323 g/mol. The molecule has 0 radical (unpaired) electrons. The minimum Gasteiger partial charge on any atom is -0.496 e. The third-order valence-electron chi connectivity index (χ3n) is 3.76. The summed E-state index contributed by atoms with van der Waals surface area (Å²) in [5.74, 6) is 0.624. The molecule has 0 saturated carbocycles. The van der Waals surface area contributed by atoms with Gasteiger partial charge in [0.1, 0.15) is 5.75 Å². The summed E-state index contributed by atoms with van der Waals surface area (Å²) in [7, 11) is 1.63. The predicted octanol–water partition coefficient (Wildman–Crippen LogP) is 3.24. The number of anilines is 1. The maximum absolute atomic E-state index is 12.3. The molecule has 0 fully saturated rings. The lowest BCUT2D eigenvalue weighted by Crippen LogP contribution is -2.39. The Morgan fingerprint density at radius 1 is 1.17 bits per heavy atom. The SMILES string of the molecule is COc1ccccc1[C@H](C)N[C@H](C)C(=O)Nc1cccc(C#N)c1.